The Bertz CT molecular complexity index is 604. The van der Waals surface area contributed by atoms with Crippen molar-refractivity contribution >= 4 is 17.6 Å². The summed E-state index contributed by atoms with van der Waals surface area (Å²) in [7, 11) is 1.36. The van der Waals surface area contributed by atoms with Gasteiger partial charge in [-0.2, -0.15) is 0 Å². The second kappa shape index (κ2) is 5.26. The Morgan fingerprint density at radius 1 is 1.32 bits per heavy atom. The standard InChI is InChI=1S/C13H11NO5/c1-18-11-7-8(4-5-9(11)13(16)17)14-12(15)10-3-2-6-19-10/h2-7H,1H3,(H,14,15)(H,16,17). The summed E-state index contributed by atoms with van der Waals surface area (Å²) in [6, 6.07) is 7.40. The topological polar surface area (TPSA) is 88.8 Å². The zero-order valence-corrected chi connectivity index (χ0v) is 10.0. The Labute approximate surface area is 108 Å². The molecule has 0 fully saturated rings. The fourth-order valence-corrected chi connectivity index (χ4v) is 1.55. The molecule has 1 heterocycles. The average Bonchev–Trinajstić information content (AvgIpc) is 2.92. The normalized spacial score (nSPS) is 9.95. The largest absolute Gasteiger partial charge is 0.496 e. The number of methoxy groups -OCH3 is 1. The number of carboxylic acids is 1. The van der Waals surface area contributed by atoms with Crippen LogP contribution < -0.4 is 10.1 Å². The molecule has 0 saturated carbocycles. The first-order valence-corrected chi connectivity index (χ1v) is 5.38. The highest BCUT2D eigenvalue weighted by molar-refractivity contribution is 6.02. The molecule has 0 saturated heterocycles. The molecule has 19 heavy (non-hydrogen) atoms. The predicted octanol–water partition coefficient (Wildman–Crippen LogP) is 2.24. The summed E-state index contributed by atoms with van der Waals surface area (Å²) in [6.07, 6.45) is 1.39. The highest BCUT2D eigenvalue weighted by atomic mass is 16.5. The lowest BCUT2D eigenvalue weighted by Crippen LogP contribution is -2.11. The second-order valence-electron chi connectivity index (χ2n) is 3.65. The van der Waals surface area contributed by atoms with Gasteiger partial charge in [0, 0.05) is 11.8 Å². The molecule has 0 aliphatic rings. The van der Waals surface area contributed by atoms with Gasteiger partial charge in [-0.3, -0.25) is 4.79 Å². The van der Waals surface area contributed by atoms with E-state index in [9.17, 15) is 9.59 Å². The van der Waals surface area contributed by atoms with Gasteiger partial charge in [0.1, 0.15) is 11.3 Å². The molecule has 0 spiro atoms. The quantitative estimate of drug-likeness (QED) is 0.881. The van der Waals surface area contributed by atoms with E-state index in [1.54, 1.807) is 6.07 Å². The summed E-state index contributed by atoms with van der Waals surface area (Å²) < 4.78 is 9.91. The third kappa shape index (κ3) is 2.74. The number of carbonyl (C=O) groups is 2. The molecule has 1 amide bonds. The minimum Gasteiger partial charge on any atom is -0.496 e. The van der Waals surface area contributed by atoms with Crippen LogP contribution in [0.5, 0.6) is 5.75 Å². The molecule has 0 aliphatic carbocycles. The molecule has 0 unspecified atom stereocenters. The van der Waals surface area contributed by atoms with Crippen LogP contribution in [0.4, 0.5) is 5.69 Å². The molecule has 1 aromatic carbocycles. The van der Waals surface area contributed by atoms with Crippen LogP contribution in [0.15, 0.2) is 41.0 Å². The SMILES string of the molecule is COc1cc(NC(=O)c2ccco2)ccc1C(=O)O. The summed E-state index contributed by atoms with van der Waals surface area (Å²) >= 11 is 0. The molecule has 6 nitrogen and oxygen atoms in total. The van der Waals surface area contributed by atoms with Gasteiger partial charge in [0.25, 0.3) is 5.91 Å². The average molecular weight is 261 g/mol. The third-order valence-corrected chi connectivity index (χ3v) is 2.43. The summed E-state index contributed by atoms with van der Waals surface area (Å²) in [5.41, 5.74) is 0.446. The van der Waals surface area contributed by atoms with Crippen LogP contribution in [0.1, 0.15) is 20.9 Å². The lowest BCUT2D eigenvalue weighted by Gasteiger charge is -2.08. The number of hydrogen-bond acceptors (Lipinski definition) is 4. The maximum Gasteiger partial charge on any atom is 0.339 e. The first-order chi connectivity index (χ1) is 9.11. The fourth-order valence-electron chi connectivity index (χ4n) is 1.55. The van der Waals surface area contributed by atoms with Gasteiger partial charge in [-0.15, -0.1) is 0 Å². The number of rotatable bonds is 4. The van der Waals surface area contributed by atoms with Crippen LogP contribution >= 0.6 is 0 Å². The molecule has 0 atom stereocenters. The van der Waals surface area contributed by atoms with Gasteiger partial charge in [0.05, 0.1) is 13.4 Å². The molecular formula is C13H11NO5. The maximum atomic E-state index is 11.7. The van der Waals surface area contributed by atoms with E-state index in [0.29, 0.717) is 5.69 Å². The highest BCUT2D eigenvalue weighted by Crippen LogP contribution is 2.23. The summed E-state index contributed by atoms with van der Waals surface area (Å²) in [6.45, 7) is 0. The van der Waals surface area contributed by atoms with Crippen LogP contribution in [-0.2, 0) is 0 Å². The van der Waals surface area contributed by atoms with Gasteiger partial charge in [-0.25, -0.2) is 4.79 Å². The van der Waals surface area contributed by atoms with Gasteiger partial charge in [0.2, 0.25) is 0 Å². The van der Waals surface area contributed by atoms with Crippen molar-refractivity contribution < 1.29 is 23.8 Å². The summed E-state index contributed by atoms with van der Waals surface area (Å²) in [5.74, 6) is -1.18. The van der Waals surface area contributed by atoms with Crippen LogP contribution in [0.2, 0.25) is 0 Å². The van der Waals surface area contributed by atoms with E-state index in [-0.39, 0.29) is 17.1 Å². The predicted molar refractivity (Wildman–Crippen MR) is 66.6 cm³/mol. The summed E-state index contributed by atoms with van der Waals surface area (Å²) in [5, 5.41) is 11.5. The third-order valence-electron chi connectivity index (χ3n) is 2.43. The molecule has 2 N–H and O–H groups in total. The van der Waals surface area contributed by atoms with Crippen molar-refractivity contribution in [1.82, 2.24) is 0 Å². The number of carbonyl (C=O) groups excluding carboxylic acids is 1. The van der Waals surface area contributed by atoms with Gasteiger partial charge < -0.3 is 19.6 Å². The van der Waals surface area contributed by atoms with Crippen molar-refractivity contribution in [3.63, 3.8) is 0 Å². The van der Waals surface area contributed by atoms with Gasteiger partial charge >= 0.3 is 5.97 Å². The fraction of sp³-hybridized carbons (Fsp3) is 0.0769. The van der Waals surface area contributed by atoms with E-state index in [1.165, 1.54) is 37.6 Å². The zero-order valence-electron chi connectivity index (χ0n) is 10.0. The molecule has 2 rings (SSSR count). The molecule has 0 radical (unpaired) electrons. The highest BCUT2D eigenvalue weighted by Gasteiger charge is 2.13. The van der Waals surface area contributed by atoms with E-state index in [0.717, 1.165) is 0 Å². The van der Waals surface area contributed by atoms with Crippen molar-refractivity contribution in [3.05, 3.63) is 47.9 Å². The minimum absolute atomic E-state index is 0.0264. The van der Waals surface area contributed by atoms with E-state index < -0.39 is 11.9 Å². The lowest BCUT2D eigenvalue weighted by molar-refractivity contribution is 0.0693. The monoisotopic (exact) mass is 261 g/mol. The van der Waals surface area contributed by atoms with Gasteiger partial charge in [-0.05, 0) is 24.3 Å². The number of hydrogen-bond donors (Lipinski definition) is 2. The number of aromatic carboxylic acids is 1. The number of ether oxygens (including phenoxy) is 1. The van der Waals surface area contributed by atoms with Crippen molar-refractivity contribution in [2.75, 3.05) is 12.4 Å². The molecule has 0 bridgehead atoms. The Morgan fingerprint density at radius 3 is 2.68 bits per heavy atom. The van der Waals surface area contributed by atoms with Crippen molar-refractivity contribution in [2.24, 2.45) is 0 Å². The summed E-state index contributed by atoms with van der Waals surface area (Å²) in [4.78, 5) is 22.7. The number of anilines is 1. The first kappa shape index (κ1) is 12.7. The lowest BCUT2D eigenvalue weighted by atomic mass is 10.2. The van der Waals surface area contributed by atoms with E-state index in [2.05, 4.69) is 5.32 Å². The molecular weight excluding hydrogens is 250 g/mol. The van der Waals surface area contributed by atoms with Gasteiger partial charge in [0.15, 0.2) is 5.76 Å². The van der Waals surface area contributed by atoms with Crippen molar-refractivity contribution in [1.29, 1.82) is 0 Å². The Hall–Kier alpha value is -2.76. The number of furan rings is 1. The molecule has 98 valence electrons. The second-order valence-corrected chi connectivity index (χ2v) is 3.65. The van der Waals surface area contributed by atoms with E-state index >= 15 is 0 Å². The number of nitrogens with one attached hydrogen (secondary N) is 1. The van der Waals surface area contributed by atoms with Crippen LogP contribution in [-0.4, -0.2) is 24.1 Å². The van der Waals surface area contributed by atoms with Crippen molar-refractivity contribution in [2.45, 2.75) is 0 Å². The number of benzene rings is 1. The Kier molecular flexibility index (Phi) is 3.51. The smallest absolute Gasteiger partial charge is 0.339 e. The Morgan fingerprint density at radius 2 is 2.11 bits per heavy atom. The van der Waals surface area contributed by atoms with Crippen LogP contribution in [0, 0.1) is 0 Å². The number of carboxylic acid groups (broad SMARTS) is 1. The number of amides is 1. The molecule has 2 aromatic rings. The minimum atomic E-state index is -1.10. The van der Waals surface area contributed by atoms with Crippen LogP contribution in [0.3, 0.4) is 0 Å². The van der Waals surface area contributed by atoms with E-state index in [4.69, 9.17) is 14.3 Å². The first-order valence-electron chi connectivity index (χ1n) is 5.38. The van der Waals surface area contributed by atoms with Crippen molar-refractivity contribution in [3.8, 4) is 5.75 Å². The van der Waals surface area contributed by atoms with E-state index in [1.807, 2.05) is 0 Å². The zero-order chi connectivity index (χ0) is 13.8. The molecule has 1 aromatic heterocycles. The maximum absolute atomic E-state index is 11.7. The molecule has 6 heteroatoms. The van der Waals surface area contributed by atoms with Gasteiger partial charge in [-0.1, -0.05) is 0 Å². The van der Waals surface area contributed by atoms with Crippen LogP contribution in [0.25, 0.3) is 0 Å². The Balaban J connectivity index is 2.22. The molecule has 0 aliphatic heterocycles.